The molecule has 1 heterocycles. The van der Waals surface area contributed by atoms with Gasteiger partial charge in [-0.25, -0.2) is 4.68 Å². The third-order valence-electron chi connectivity index (χ3n) is 4.10. The van der Waals surface area contributed by atoms with E-state index in [0.29, 0.717) is 11.4 Å². The van der Waals surface area contributed by atoms with Crippen molar-refractivity contribution in [2.75, 3.05) is 7.11 Å². The van der Waals surface area contributed by atoms with E-state index in [0.717, 1.165) is 21.9 Å². The number of rotatable bonds is 6. The van der Waals surface area contributed by atoms with Gasteiger partial charge in [-0.05, 0) is 35.9 Å². The van der Waals surface area contributed by atoms with E-state index in [2.05, 4.69) is 10.4 Å². The van der Waals surface area contributed by atoms with Crippen molar-refractivity contribution in [1.82, 2.24) is 15.1 Å². The molecule has 5 nitrogen and oxygen atoms in total. The molecule has 2 aromatic carbocycles. The molecule has 1 aromatic heterocycles. The fourth-order valence-electron chi connectivity index (χ4n) is 2.60. The van der Waals surface area contributed by atoms with Gasteiger partial charge in [-0.2, -0.15) is 18.3 Å². The SMILES string of the molecule is COc1ccccc1/C=C/C(=O)NCc1ccc(-n2ccc(C(F)(F)F)n2)cc1. The highest BCUT2D eigenvalue weighted by molar-refractivity contribution is 5.92. The Morgan fingerprint density at radius 3 is 2.52 bits per heavy atom. The average molecular weight is 401 g/mol. The number of hydrogen-bond acceptors (Lipinski definition) is 3. The van der Waals surface area contributed by atoms with Crippen molar-refractivity contribution in [3.63, 3.8) is 0 Å². The van der Waals surface area contributed by atoms with E-state index in [1.54, 1.807) is 43.5 Å². The fraction of sp³-hybridized carbons (Fsp3) is 0.143. The van der Waals surface area contributed by atoms with Gasteiger partial charge >= 0.3 is 6.18 Å². The Balaban J connectivity index is 1.58. The Hall–Kier alpha value is -3.55. The van der Waals surface area contributed by atoms with Gasteiger partial charge in [-0.3, -0.25) is 4.79 Å². The summed E-state index contributed by atoms with van der Waals surface area (Å²) >= 11 is 0. The van der Waals surface area contributed by atoms with Crippen LogP contribution in [0, 0.1) is 0 Å². The predicted molar refractivity (Wildman–Crippen MR) is 102 cm³/mol. The number of amides is 1. The number of hydrogen-bond donors (Lipinski definition) is 1. The summed E-state index contributed by atoms with van der Waals surface area (Å²) in [4.78, 5) is 12.0. The Kier molecular flexibility index (Phi) is 6.01. The van der Waals surface area contributed by atoms with E-state index < -0.39 is 11.9 Å². The largest absolute Gasteiger partial charge is 0.496 e. The second kappa shape index (κ2) is 8.64. The van der Waals surface area contributed by atoms with Gasteiger partial charge < -0.3 is 10.1 Å². The first-order valence-electron chi connectivity index (χ1n) is 8.68. The first-order valence-corrected chi connectivity index (χ1v) is 8.68. The van der Waals surface area contributed by atoms with Crippen LogP contribution in [-0.2, 0) is 17.5 Å². The van der Waals surface area contributed by atoms with Crippen LogP contribution in [0.1, 0.15) is 16.8 Å². The predicted octanol–water partition coefficient (Wildman–Crippen LogP) is 4.23. The molecule has 0 radical (unpaired) electrons. The van der Waals surface area contributed by atoms with Crippen LogP contribution in [0.2, 0.25) is 0 Å². The number of ether oxygens (including phenoxy) is 1. The van der Waals surface area contributed by atoms with Crippen LogP contribution in [0.3, 0.4) is 0 Å². The summed E-state index contributed by atoms with van der Waals surface area (Å²) in [5.41, 5.74) is 1.13. The molecule has 0 saturated heterocycles. The maximum atomic E-state index is 12.6. The third kappa shape index (κ3) is 5.25. The second-order valence-corrected chi connectivity index (χ2v) is 6.10. The van der Waals surface area contributed by atoms with Crippen LogP contribution in [0.25, 0.3) is 11.8 Å². The van der Waals surface area contributed by atoms with Crippen molar-refractivity contribution < 1.29 is 22.7 Å². The molecule has 0 atom stereocenters. The minimum atomic E-state index is -4.48. The van der Waals surface area contributed by atoms with E-state index in [1.807, 2.05) is 18.2 Å². The van der Waals surface area contributed by atoms with Gasteiger partial charge in [-0.1, -0.05) is 30.3 Å². The van der Waals surface area contributed by atoms with Crippen LogP contribution >= 0.6 is 0 Å². The number of aromatic nitrogens is 2. The van der Waals surface area contributed by atoms with E-state index >= 15 is 0 Å². The van der Waals surface area contributed by atoms with Crippen LogP contribution in [0.15, 0.2) is 66.9 Å². The van der Waals surface area contributed by atoms with Crippen LogP contribution in [0.5, 0.6) is 5.75 Å². The van der Waals surface area contributed by atoms with Gasteiger partial charge in [0.2, 0.25) is 5.91 Å². The zero-order chi connectivity index (χ0) is 20.9. The Morgan fingerprint density at radius 1 is 1.14 bits per heavy atom. The normalized spacial score (nSPS) is 11.6. The summed E-state index contributed by atoms with van der Waals surface area (Å²) in [6.07, 6.45) is -0.156. The number of benzene rings is 2. The molecule has 29 heavy (non-hydrogen) atoms. The lowest BCUT2D eigenvalue weighted by atomic mass is 10.2. The molecule has 150 valence electrons. The number of nitrogens with zero attached hydrogens (tertiary/aromatic N) is 2. The lowest BCUT2D eigenvalue weighted by Gasteiger charge is -2.06. The lowest BCUT2D eigenvalue weighted by molar-refractivity contribution is -0.141. The summed E-state index contributed by atoms with van der Waals surface area (Å²) in [6, 6.07) is 15.0. The van der Waals surface area contributed by atoms with Gasteiger partial charge in [-0.15, -0.1) is 0 Å². The minimum Gasteiger partial charge on any atom is -0.496 e. The maximum Gasteiger partial charge on any atom is 0.435 e. The number of alkyl halides is 3. The number of halogens is 3. The second-order valence-electron chi connectivity index (χ2n) is 6.10. The van der Waals surface area contributed by atoms with Gasteiger partial charge in [0.1, 0.15) is 5.75 Å². The molecular formula is C21H18F3N3O2. The minimum absolute atomic E-state index is 0.276. The lowest BCUT2D eigenvalue weighted by Crippen LogP contribution is -2.20. The molecule has 0 aliphatic rings. The molecule has 0 unspecified atom stereocenters. The summed E-state index contributed by atoms with van der Waals surface area (Å²) in [5.74, 6) is 0.390. The monoisotopic (exact) mass is 401 g/mol. The van der Waals surface area contributed by atoms with Crippen molar-refractivity contribution in [2.45, 2.75) is 12.7 Å². The smallest absolute Gasteiger partial charge is 0.435 e. The van der Waals surface area contributed by atoms with Crippen molar-refractivity contribution >= 4 is 12.0 Å². The van der Waals surface area contributed by atoms with Crippen LogP contribution in [0.4, 0.5) is 13.2 Å². The van der Waals surface area contributed by atoms with Gasteiger partial charge in [0.05, 0.1) is 12.8 Å². The zero-order valence-corrected chi connectivity index (χ0v) is 15.5. The fourth-order valence-corrected chi connectivity index (χ4v) is 2.60. The number of carbonyl (C=O) groups excluding carboxylic acids is 1. The highest BCUT2D eigenvalue weighted by Crippen LogP contribution is 2.27. The number of methoxy groups -OCH3 is 1. The van der Waals surface area contributed by atoms with Gasteiger partial charge in [0, 0.05) is 24.4 Å². The molecule has 0 bridgehead atoms. The quantitative estimate of drug-likeness (QED) is 0.629. The van der Waals surface area contributed by atoms with Crippen molar-refractivity contribution in [1.29, 1.82) is 0 Å². The summed E-state index contributed by atoms with van der Waals surface area (Å²) in [6.45, 7) is 0.280. The number of para-hydroxylation sites is 1. The third-order valence-corrected chi connectivity index (χ3v) is 4.10. The maximum absolute atomic E-state index is 12.6. The number of carbonyl (C=O) groups is 1. The first kappa shape index (κ1) is 20.2. The van der Waals surface area contributed by atoms with Crippen molar-refractivity contribution in [3.05, 3.63) is 83.7 Å². The molecule has 0 aliphatic heterocycles. The number of nitrogens with one attached hydrogen (secondary N) is 1. The van der Waals surface area contributed by atoms with Crippen molar-refractivity contribution in [2.24, 2.45) is 0 Å². The summed E-state index contributed by atoms with van der Waals surface area (Å²) in [5, 5.41) is 6.28. The average Bonchev–Trinajstić information content (AvgIpc) is 3.22. The zero-order valence-electron chi connectivity index (χ0n) is 15.5. The molecule has 8 heteroatoms. The molecule has 3 aromatic rings. The van der Waals surface area contributed by atoms with Crippen LogP contribution in [-0.4, -0.2) is 22.8 Å². The molecule has 0 saturated carbocycles. The summed E-state index contributed by atoms with van der Waals surface area (Å²) < 4.78 is 44.3. The molecule has 0 aliphatic carbocycles. The van der Waals surface area contributed by atoms with E-state index in [9.17, 15) is 18.0 Å². The van der Waals surface area contributed by atoms with Crippen LogP contribution < -0.4 is 10.1 Å². The van der Waals surface area contributed by atoms with Gasteiger partial charge in [0.25, 0.3) is 0 Å². The molecular weight excluding hydrogens is 383 g/mol. The molecule has 0 spiro atoms. The molecule has 0 fully saturated rings. The first-order chi connectivity index (χ1) is 13.9. The Labute approximate surface area is 165 Å². The molecule has 1 N–H and O–H groups in total. The van der Waals surface area contributed by atoms with E-state index in [4.69, 9.17) is 4.74 Å². The Bertz CT molecular complexity index is 1010. The highest BCUT2D eigenvalue weighted by atomic mass is 19.4. The van der Waals surface area contributed by atoms with Crippen molar-refractivity contribution in [3.8, 4) is 11.4 Å². The van der Waals surface area contributed by atoms with E-state index in [-0.39, 0.29) is 12.5 Å². The Morgan fingerprint density at radius 2 is 1.86 bits per heavy atom. The van der Waals surface area contributed by atoms with Gasteiger partial charge in [0.15, 0.2) is 5.69 Å². The highest BCUT2D eigenvalue weighted by Gasteiger charge is 2.33. The molecule has 1 amide bonds. The van der Waals surface area contributed by atoms with E-state index in [1.165, 1.54) is 12.3 Å². The topological polar surface area (TPSA) is 56.1 Å². The molecule has 3 rings (SSSR count). The summed E-state index contributed by atoms with van der Waals surface area (Å²) in [7, 11) is 1.56. The standard InChI is InChI=1S/C21H18F3N3O2/c1-29-18-5-3-2-4-16(18)8-11-20(28)25-14-15-6-9-17(10-7-15)27-13-12-19(26-27)21(22,23)24/h2-13H,14H2,1H3,(H,25,28)/b11-8+.